The van der Waals surface area contributed by atoms with Crippen molar-refractivity contribution in [3.05, 3.63) is 0 Å². The molecule has 6 nitrogen and oxygen atoms in total. The van der Waals surface area contributed by atoms with E-state index in [4.69, 9.17) is 9.47 Å². The van der Waals surface area contributed by atoms with Gasteiger partial charge in [0.15, 0.2) is 0 Å². The lowest BCUT2D eigenvalue weighted by Gasteiger charge is -2.28. The molecule has 0 spiro atoms. The summed E-state index contributed by atoms with van der Waals surface area (Å²) in [4.78, 5) is 28.5. The van der Waals surface area contributed by atoms with Crippen LogP contribution in [0.15, 0.2) is 0 Å². The van der Waals surface area contributed by atoms with Crippen LogP contribution in [0.4, 0.5) is 0 Å². The first-order chi connectivity index (χ1) is 28.4. The molecule has 0 amide bonds. The lowest BCUT2D eigenvalue weighted by molar-refractivity contribution is -0.149. The maximum Gasteiger partial charge on any atom is 0.308 e. The molecule has 0 aromatic rings. The minimum absolute atomic E-state index is 0.0144. The summed E-state index contributed by atoms with van der Waals surface area (Å²) in [5.74, 6) is 3.53. The molecule has 0 saturated carbocycles. The van der Waals surface area contributed by atoms with Crippen LogP contribution in [0.2, 0.25) is 0 Å². The first-order valence-corrected chi connectivity index (χ1v) is 27.5. The lowest BCUT2D eigenvalue weighted by atomic mass is 9.94. The van der Waals surface area contributed by atoms with Crippen LogP contribution in [-0.2, 0) is 19.1 Å². The predicted octanol–water partition coefficient (Wildman–Crippen LogP) is 14.8. The number of esters is 2. The normalized spacial score (nSPS) is 13.2. The summed E-state index contributed by atoms with van der Waals surface area (Å²) in [5, 5.41) is 9.70. The van der Waals surface area contributed by atoms with Gasteiger partial charge in [0.1, 0.15) is 0 Å². The molecule has 0 radical (unpaired) electrons. The van der Waals surface area contributed by atoms with Crippen molar-refractivity contribution in [1.82, 2.24) is 4.90 Å². The van der Waals surface area contributed by atoms with E-state index in [0.29, 0.717) is 30.9 Å². The van der Waals surface area contributed by atoms with Gasteiger partial charge in [-0.1, -0.05) is 169 Å². The van der Waals surface area contributed by atoms with Crippen molar-refractivity contribution in [3.63, 3.8) is 0 Å². The van der Waals surface area contributed by atoms with Gasteiger partial charge in [-0.15, -0.1) is 0 Å². The van der Waals surface area contributed by atoms with Crippen molar-refractivity contribution < 1.29 is 24.2 Å². The molecule has 0 fully saturated rings. The number of rotatable bonds is 47. The molecule has 0 aromatic carbocycles. The zero-order valence-electron chi connectivity index (χ0n) is 39.4. The Morgan fingerprint density at radius 2 is 1.00 bits per heavy atom. The molecule has 58 heavy (non-hydrogen) atoms. The Kier molecular flexibility index (Phi) is 45.7. The van der Waals surface area contributed by atoms with E-state index in [2.05, 4.69) is 39.6 Å². The molecule has 0 saturated heterocycles. The summed E-state index contributed by atoms with van der Waals surface area (Å²) in [6.07, 6.45) is 38.5. The SMILES string of the molecule is CCCCCCCCC(CCCCCC)C(=O)OCCCCCC(CCCCCOC(=O)CC(CSCCCCCCC)SCCCCCCC)N(C)CCCCO. The Bertz CT molecular complexity index is 864. The molecule has 0 heterocycles. The van der Waals surface area contributed by atoms with Gasteiger partial charge in [-0.05, 0) is 89.3 Å². The van der Waals surface area contributed by atoms with Gasteiger partial charge in [0.2, 0.25) is 0 Å². The number of nitrogens with zero attached hydrogens (tertiary/aromatic N) is 1. The Balaban J connectivity index is 4.65. The molecule has 0 aliphatic carbocycles. The van der Waals surface area contributed by atoms with Crippen molar-refractivity contribution >= 4 is 35.5 Å². The number of aliphatic hydroxyl groups is 1. The zero-order valence-corrected chi connectivity index (χ0v) is 41.0. The molecular weight excluding hydrogens is 759 g/mol. The minimum Gasteiger partial charge on any atom is -0.466 e. The molecule has 8 heteroatoms. The maximum absolute atomic E-state index is 13.1. The molecule has 0 aliphatic rings. The van der Waals surface area contributed by atoms with Crippen molar-refractivity contribution in [3.8, 4) is 0 Å². The minimum atomic E-state index is -0.0144. The summed E-state index contributed by atoms with van der Waals surface area (Å²) >= 11 is 4.03. The standard InChI is InChI=1S/C50H99NO5S2/c1-6-10-14-18-19-25-35-46(34-24-17-13-9-4)50(54)56-41-31-23-27-37-47(51(5)38-28-29-39-52)36-26-22-30-40-55-49(53)44-48(58-43-33-21-16-12-8-3)45-57-42-32-20-15-11-7-2/h46-48,52H,6-45H2,1-5H3. The third-order valence-electron chi connectivity index (χ3n) is 11.8. The molecule has 3 atom stereocenters. The summed E-state index contributed by atoms with van der Waals surface area (Å²) in [5.41, 5.74) is 0. The van der Waals surface area contributed by atoms with E-state index in [0.717, 1.165) is 108 Å². The van der Waals surface area contributed by atoms with Crippen molar-refractivity contribution in [2.24, 2.45) is 5.92 Å². The van der Waals surface area contributed by atoms with E-state index >= 15 is 0 Å². The molecule has 0 bridgehead atoms. The van der Waals surface area contributed by atoms with Crippen molar-refractivity contribution in [1.29, 1.82) is 0 Å². The number of hydrogen-bond donors (Lipinski definition) is 1. The topological polar surface area (TPSA) is 76.1 Å². The van der Waals surface area contributed by atoms with Gasteiger partial charge in [-0.2, -0.15) is 23.5 Å². The van der Waals surface area contributed by atoms with Gasteiger partial charge in [0.05, 0.1) is 25.6 Å². The van der Waals surface area contributed by atoms with Crippen LogP contribution in [0, 0.1) is 5.92 Å². The number of thioether (sulfide) groups is 2. The van der Waals surface area contributed by atoms with Crippen molar-refractivity contribution in [2.75, 3.05) is 50.7 Å². The molecule has 1 N–H and O–H groups in total. The summed E-state index contributed by atoms with van der Waals surface area (Å²) in [7, 11) is 2.24. The van der Waals surface area contributed by atoms with E-state index in [-0.39, 0.29) is 24.5 Å². The number of carbonyl (C=O) groups excluding carboxylic acids is 2. The summed E-state index contributed by atoms with van der Waals surface area (Å²) < 4.78 is 11.7. The number of carbonyl (C=O) groups is 2. The number of aliphatic hydroxyl groups excluding tert-OH is 1. The van der Waals surface area contributed by atoms with Crippen LogP contribution < -0.4 is 0 Å². The number of hydrogen-bond acceptors (Lipinski definition) is 8. The molecule has 0 rings (SSSR count). The summed E-state index contributed by atoms with van der Waals surface area (Å²) in [6.45, 7) is 11.4. The van der Waals surface area contributed by atoms with Crippen molar-refractivity contribution in [2.45, 2.75) is 251 Å². The van der Waals surface area contributed by atoms with Gasteiger partial charge >= 0.3 is 11.9 Å². The number of unbranched alkanes of at least 4 members (excludes halogenated alkanes) is 21. The van der Waals surface area contributed by atoms with Gasteiger partial charge in [0, 0.05) is 23.7 Å². The van der Waals surface area contributed by atoms with E-state index in [9.17, 15) is 14.7 Å². The Morgan fingerprint density at radius 1 is 0.534 bits per heavy atom. The highest BCUT2D eigenvalue weighted by Crippen LogP contribution is 2.24. The smallest absolute Gasteiger partial charge is 0.308 e. The van der Waals surface area contributed by atoms with Crippen LogP contribution in [0.3, 0.4) is 0 Å². The van der Waals surface area contributed by atoms with E-state index in [1.807, 2.05) is 23.5 Å². The molecular formula is C50H99NO5S2. The molecule has 346 valence electrons. The second-order valence-corrected chi connectivity index (χ2v) is 19.9. The van der Waals surface area contributed by atoms with Crippen LogP contribution in [-0.4, -0.2) is 83.9 Å². The highest BCUT2D eigenvalue weighted by atomic mass is 32.2. The first-order valence-electron chi connectivity index (χ1n) is 25.3. The third kappa shape index (κ3) is 38.5. The van der Waals surface area contributed by atoms with E-state index in [1.54, 1.807) is 0 Å². The molecule has 0 aromatic heterocycles. The van der Waals surface area contributed by atoms with E-state index in [1.165, 1.54) is 121 Å². The average molecular weight is 858 g/mol. The molecule has 3 unspecified atom stereocenters. The Hall–Kier alpha value is -0.440. The van der Waals surface area contributed by atoms with Gasteiger partial charge in [-0.25, -0.2) is 0 Å². The quantitative estimate of drug-likeness (QED) is 0.0479. The predicted molar refractivity (Wildman–Crippen MR) is 258 cm³/mol. The fourth-order valence-corrected chi connectivity index (χ4v) is 10.4. The third-order valence-corrected chi connectivity index (χ3v) is 14.5. The largest absolute Gasteiger partial charge is 0.466 e. The highest BCUT2D eigenvalue weighted by molar-refractivity contribution is 8.03. The van der Waals surface area contributed by atoms with Gasteiger partial charge in [0.25, 0.3) is 0 Å². The Labute approximate surface area is 370 Å². The van der Waals surface area contributed by atoms with Gasteiger partial charge < -0.3 is 19.5 Å². The van der Waals surface area contributed by atoms with Gasteiger partial charge in [-0.3, -0.25) is 9.59 Å². The maximum atomic E-state index is 13.1. The monoisotopic (exact) mass is 858 g/mol. The van der Waals surface area contributed by atoms with Crippen LogP contribution in [0.25, 0.3) is 0 Å². The average Bonchev–Trinajstić information content (AvgIpc) is 3.22. The second-order valence-electron chi connectivity index (χ2n) is 17.4. The first kappa shape index (κ1) is 57.6. The lowest BCUT2D eigenvalue weighted by Crippen LogP contribution is -2.32. The fourth-order valence-electron chi connectivity index (χ4n) is 7.79. The summed E-state index contributed by atoms with van der Waals surface area (Å²) in [6, 6.07) is 0.512. The van der Waals surface area contributed by atoms with Crippen LogP contribution >= 0.6 is 23.5 Å². The highest BCUT2D eigenvalue weighted by Gasteiger charge is 2.20. The van der Waals surface area contributed by atoms with E-state index < -0.39 is 0 Å². The number of ether oxygens (including phenoxy) is 2. The Morgan fingerprint density at radius 3 is 1.57 bits per heavy atom. The zero-order chi connectivity index (χ0) is 42.6. The second kappa shape index (κ2) is 46.1. The fraction of sp³-hybridized carbons (Fsp3) is 0.960. The van der Waals surface area contributed by atoms with Crippen LogP contribution in [0.5, 0.6) is 0 Å². The molecule has 0 aliphatic heterocycles. The van der Waals surface area contributed by atoms with Crippen LogP contribution in [0.1, 0.15) is 240 Å².